The zero-order valence-corrected chi connectivity index (χ0v) is 14.7. The van der Waals surface area contributed by atoms with E-state index in [9.17, 15) is 8.42 Å². The predicted octanol–water partition coefficient (Wildman–Crippen LogP) is 0.895. The highest BCUT2D eigenvalue weighted by Gasteiger charge is 2.32. The van der Waals surface area contributed by atoms with Crippen LogP contribution in [0.3, 0.4) is 0 Å². The molecule has 0 aromatic carbocycles. The summed E-state index contributed by atoms with van der Waals surface area (Å²) in [6.45, 7) is 1.02. The van der Waals surface area contributed by atoms with E-state index < -0.39 is 10.0 Å². The second-order valence-electron chi connectivity index (χ2n) is 6.05. The molecule has 0 bridgehead atoms. The number of hydrogen-bond acceptors (Lipinski definition) is 6. The van der Waals surface area contributed by atoms with E-state index in [-0.39, 0.29) is 10.9 Å². The molecular weight excluding hydrogens is 328 g/mol. The first-order valence-electron chi connectivity index (χ1n) is 7.96. The number of piperidine rings is 1. The first-order valence-corrected chi connectivity index (χ1v) is 9.40. The Labute approximate surface area is 142 Å². The van der Waals surface area contributed by atoms with Crippen LogP contribution in [0.1, 0.15) is 18.5 Å². The molecule has 3 rings (SSSR count). The maximum absolute atomic E-state index is 12.7. The number of hydrogen-bond donors (Lipinski definition) is 1. The molecule has 130 valence electrons. The summed E-state index contributed by atoms with van der Waals surface area (Å²) in [4.78, 5) is 12.6. The molecule has 1 unspecified atom stereocenters. The number of anilines is 1. The highest BCUT2D eigenvalue weighted by molar-refractivity contribution is 7.89. The molecule has 9 heteroatoms. The Kier molecular flexibility index (Phi) is 4.81. The molecule has 1 atom stereocenters. The van der Waals surface area contributed by atoms with Gasteiger partial charge in [-0.25, -0.2) is 18.4 Å². The molecule has 0 aliphatic carbocycles. The van der Waals surface area contributed by atoms with Crippen molar-refractivity contribution in [2.45, 2.75) is 24.3 Å². The van der Waals surface area contributed by atoms with Gasteiger partial charge in [0.15, 0.2) is 5.03 Å². The van der Waals surface area contributed by atoms with Gasteiger partial charge in [-0.15, -0.1) is 0 Å². The first-order chi connectivity index (χ1) is 11.5. The Morgan fingerprint density at radius 2 is 2.08 bits per heavy atom. The average Bonchev–Trinajstić information content (AvgIpc) is 3.03. The molecule has 8 nitrogen and oxygen atoms in total. The van der Waals surface area contributed by atoms with E-state index in [1.54, 1.807) is 34.5 Å². The Hall–Kier alpha value is -2.00. The minimum Gasteiger partial charge on any atom is -0.372 e. The van der Waals surface area contributed by atoms with Crippen LogP contribution >= 0.6 is 0 Å². The highest BCUT2D eigenvalue weighted by atomic mass is 32.2. The fraction of sp³-hybridized carbons (Fsp3) is 0.533. The summed E-state index contributed by atoms with van der Waals surface area (Å²) in [5.74, 6) is 0.975. The molecule has 0 spiro atoms. The predicted molar refractivity (Wildman–Crippen MR) is 90.0 cm³/mol. The van der Waals surface area contributed by atoms with E-state index >= 15 is 0 Å². The summed E-state index contributed by atoms with van der Waals surface area (Å²) in [5, 5.41) is 3.15. The normalized spacial score (nSPS) is 19.3. The average molecular weight is 350 g/mol. The smallest absolute Gasteiger partial charge is 0.262 e. The molecule has 1 N–H and O–H groups in total. The van der Waals surface area contributed by atoms with E-state index in [0.717, 1.165) is 24.4 Å². The van der Waals surface area contributed by atoms with Crippen LogP contribution in [0.25, 0.3) is 0 Å². The lowest BCUT2D eigenvalue weighted by Gasteiger charge is -2.31. The van der Waals surface area contributed by atoms with Gasteiger partial charge in [0.05, 0.1) is 12.0 Å². The van der Waals surface area contributed by atoms with E-state index in [2.05, 4.69) is 20.3 Å². The third-order valence-electron chi connectivity index (χ3n) is 4.26. The number of rotatable bonds is 5. The van der Waals surface area contributed by atoms with Crippen molar-refractivity contribution in [2.24, 2.45) is 13.0 Å². The second kappa shape index (κ2) is 6.86. The van der Waals surface area contributed by atoms with Gasteiger partial charge in [-0.05, 0) is 25.2 Å². The Morgan fingerprint density at radius 3 is 2.79 bits per heavy atom. The number of aromatic nitrogens is 4. The van der Waals surface area contributed by atoms with Crippen LogP contribution in [-0.4, -0.2) is 52.4 Å². The van der Waals surface area contributed by atoms with Crippen LogP contribution in [0.5, 0.6) is 0 Å². The molecule has 2 aromatic rings. The van der Waals surface area contributed by atoms with Gasteiger partial charge in [0, 0.05) is 45.8 Å². The SMILES string of the molecule is CNc1nccnc1CC1CCCN(S(=O)(=O)c2cn(C)cn2)C1. The maximum Gasteiger partial charge on any atom is 0.262 e. The third-order valence-corrected chi connectivity index (χ3v) is 6.01. The summed E-state index contributed by atoms with van der Waals surface area (Å²) >= 11 is 0. The Morgan fingerprint density at radius 1 is 1.29 bits per heavy atom. The van der Waals surface area contributed by atoms with Crippen molar-refractivity contribution in [3.05, 3.63) is 30.6 Å². The summed E-state index contributed by atoms with van der Waals surface area (Å²) in [6.07, 6.45) is 8.89. The molecule has 0 amide bonds. The molecule has 0 radical (unpaired) electrons. The zero-order chi connectivity index (χ0) is 17.2. The number of nitrogens with one attached hydrogen (secondary N) is 1. The fourth-order valence-corrected chi connectivity index (χ4v) is 4.59. The van der Waals surface area contributed by atoms with Gasteiger partial charge in [-0.2, -0.15) is 4.31 Å². The number of imidazole rings is 1. The standard InChI is InChI=1S/C15H22N6O2S/c1-16-15-13(17-5-6-18-15)8-12-4-3-7-21(9-12)24(22,23)14-10-20(2)11-19-14/h5-6,10-12H,3-4,7-9H2,1-2H3,(H,16,18). The van der Waals surface area contributed by atoms with Crippen LogP contribution in [0.2, 0.25) is 0 Å². The van der Waals surface area contributed by atoms with Gasteiger partial charge in [0.25, 0.3) is 10.0 Å². The molecule has 0 saturated carbocycles. The minimum absolute atomic E-state index is 0.112. The van der Waals surface area contributed by atoms with E-state index in [1.807, 2.05) is 7.05 Å². The lowest BCUT2D eigenvalue weighted by atomic mass is 9.94. The molecule has 3 heterocycles. The van der Waals surface area contributed by atoms with Crippen LogP contribution in [0.15, 0.2) is 29.9 Å². The lowest BCUT2D eigenvalue weighted by molar-refractivity contribution is 0.264. The summed E-state index contributed by atoms with van der Waals surface area (Å²) in [7, 11) is 0.0416. The Balaban J connectivity index is 1.75. The van der Waals surface area contributed by atoms with Gasteiger partial charge in [-0.1, -0.05) is 0 Å². The Bertz CT molecular complexity index is 804. The second-order valence-corrected chi connectivity index (χ2v) is 7.94. The summed E-state index contributed by atoms with van der Waals surface area (Å²) in [6, 6.07) is 0. The lowest BCUT2D eigenvalue weighted by Crippen LogP contribution is -2.40. The van der Waals surface area contributed by atoms with E-state index in [1.165, 1.54) is 6.33 Å². The van der Waals surface area contributed by atoms with Crippen molar-refractivity contribution < 1.29 is 8.42 Å². The maximum atomic E-state index is 12.7. The molecule has 2 aromatic heterocycles. The van der Waals surface area contributed by atoms with Gasteiger partial charge in [0.1, 0.15) is 5.82 Å². The van der Waals surface area contributed by atoms with Crippen molar-refractivity contribution >= 4 is 15.8 Å². The largest absolute Gasteiger partial charge is 0.372 e. The monoisotopic (exact) mass is 350 g/mol. The quantitative estimate of drug-likeness (QED) is 0.861. The van der Waals surface area contributed by atoms with Crippen molar-refractivity contribution in [2.75, 3.05) is 25.5 Å². The van der Waals surface area contributed by atoms with Crippen molar-refractivity contribution in [3.8, 4) is 0 Å². The minimum atomic E-state index is -3.53. The fourth-order valence-electron chi connectivity index (χ4n) is 3.06. The van der Waals surface area contributed by atoms with Crippen LogP contribution < -0.4 is 5.32 Å². The van der Waals surface area contributed by atoms with Gasteiger partial charge >= 0.3 is 0 Å². The molecule has 1 saturated heterocycles. The van der Waals surface area contributed by atoms with Gasteiger partial charge < -0.3 is 9.88 Å². The van der Waals surface area contributed by atoms with E-state index in [4.69, 9.17) is 0 Å². The number of sulfonamides is 1. The molecule has 1 aliphatic heterocycles. The van der Waals surface area contributed by atoms with Crippen LogP contribution in [0.4, 0.5) is 5.82 Å². The first kappa shape index (κ1) is 16.8. The topological polar surface area (TPSA) is 93.0 Å². The summed E-state index contributed by atoms with van der Waals surface area (Å²) < 4.78 is 28.6. The third kappa shape index (κ3) is 3.41. The van der Waals surface area contributed by atoms with Crippen molar-refractivity contribution in [1.29, 1.82) is 0 Å². The molecule has 1 aliphatic rings. The van der Waals surface area contributed by atoms with Crippen LogP contribution in [0, 0.1) is 5.92 Å². The van der Waals surface area contributed by atoms with E-state index in [0.29, 0.717) is 19.5 Å². The van der Waals surface area contributed by atoms with Crippen molar-refractivity contribution in [1.82, 2.24) is 23.8 Å². The van der Waals surface area contributed by atoms with Crippen LogP contribution in [-0.2, 0) is 23.5 Å². The number of nitrogens with zero attached hydrogens (tertiary/aromatic N) is 5. The number of aryl methyl sites for hydroxylation is 1. The molecule has 1 fully saturated rings. The molecule has 24 heavy (non-hydrogen) atoms. The highest BCUT2D eigenvalue weighted by Crippen LogP contribution is 2.26. The van der Waals surface area contributed by atoms with Crippen molar-refractivity contribution in [3.63, 3.8) is 0 Å². The van der Waals surface area contributed by atoms with Gasteiger partial charge in [-0.3, -0.25) is 4.98 Å². The molecular formula is C15H22N6O2S. The zero-order valence-electron chi connectivity index (χ0n) is 13.9. The van der Waals surface area contributed by atoms with Gasteiger partial charge in [0.2, 0.25) is 0 Å². The summed E-state index contributed by atoms with van der Waals surface area (Å²) in [5.41, 5.74) is 0.877.